The van der Waals surface area contributed by atoms with E-state index in [0.29, 0.717) is 12.4 Å². The van der Waals surface area contributed by atoms with E-state index in [1.807, 2.05) is 32.0 Å². The molecule has 88 valence electrons. The molecular formula is C13H15N3O. The predicted octanol–water partition coefficient (Wildman–Crippen LogP) is 3.10. The summed E-state index contributed by atoms with van der Waals surface area (Å²) in [5, 5.41) is 12.1. The summed E-state index contributed by atoms with van der Waals surface area (Å²) in [4.78, 5) is 4.24. The topological polar surface area (TPSA) is 61.9 Å². The molecule has 2 aromatic rings. The van der Waals surface area contributed by atoms with Gasteiger partial charge in [0.2, 0.25) is 0 Å². The van der Waals surface area contributed by atoms with Gasteiger partial charge in [-0.25, -0.2) is 4.98 Å². The lowest BCUT2D eigenvalue weighted by molar-refractivity contribution is 0.561. The molecule has 0 saturated carbocycles. The van der Waals surface area contributed by atoms with E-state index in [2.05, 4.69) is 16.4 Å². The summed E-state index contributed by atoms with van der Waals surface area (Å²) in [6.07, 6.45) is 0.854. The Morgan fingerprint density at radius 1 is 1.53 bits per heavy atom. The van der Waals surface area contributed by atoms with Gasteiger partial charge in [-0.2, -0.15) is 5.26 Å². The molecule has 1 atom stereocenters. The monoisotopic (exact) mass is 229 g/mol. The zero-order chi connectivity index (χ0) is 12.3. The summed E-state index contributed by atoms with van der Waals surface area (Å²) in [6.45, 7) is 4.50. The van der Waals surface area contributed by atoms with Crippen LogP contribution in [0.15, 0.2) is 22.6 Å². The maximum atomic E-state index is 8.86. The fourth-order valence-corrected chi connectivity index (χ4v) is 1.67. The second kappa shape index (κ2) is 4.88. The molecule has 2 rings (SSSR count). The molecule has 0 aliphatic heterocycles. The van der Waals surface area contributed by atoms with Crippen LogP contribution in [0.25, 0.3) is 11.1 Å². The lowest BCUT2D eigenvalue weighted by atomic mass is 10.1. The Balaban J connectivity index is 2.11. The summed E-state index contributed by atoms with van der Waals surface area (Å²) in [7, 11) is 0. The lowest BCUT2D eigenvalue weighted by Crippen LogP contribution is -2.11. The largest absolute Gasteiger partial charge is 0.441 e. The number of nitriles is 1. The Bertz CT molecular complexity index is 553. The zero-order valence-corrected chi connectivity index (χ0v) is 10.0. The highest BCUT2D eigenvalue weighted by Crippen LogP contribution is 2.20. The molecule has 0 fully saturated rings. The number of hydrogen-bond acceptors (Lipinski definition) is 4. The van der Waals surface area contributed by atoms with Gasteiger partial charge in [-0.15, -0.1) is 0 Å². The number of anilines is 1. The van der Waals surface area contributed by atoms with Gasteiger partial charge >= 0.3 is 0 Å². The minimum absolute atomic E-state index is 0.0437. The molecule has 0 bridgehead atoms. The standard InChI is InChI=1S/C13H15N3O/c1-3-10(7-14)8-15-11-4-5-12-13(6-11)17-9(2)16-12/h4-6,10,15H,3,8H2,1-2H3. The Kier molecular flexibility index (Phi) is 3.29. The number of fused-ring (bicyclic) bond motifs is 1. The van der Waals surface area contributed by atoms with E-state index >= 15 is 0 Å². The zero-order valence-electron chi connectivity index (χ0n) is 10.0. The molecule has 17 heavy (non-hydrogen) atoms. The molecule has 0 radical (unpaired) electrons. The highest BCUT2D eigenvalue weighted by Gasteiger charge is 2.06. The first-order valence-electron chi connectivity index (χ1n) is 5.73. The van der Waals surface area contributed by atoms with Crippen LogP contribution in [0, 0.1) is 24.2 Å². The van der Waals surface area contributed by atoms with Gasteiger partial charge in [0.1, 0.15) is 5.52 Å². The van der Waals surface area contributed by atoms with Crippen LogP contribution in [0.3, 0.4) is 0 Å². The number of hydrogen-bond donors (Lipinski definition) is 1. The molecule has 1 unspecified atom stereocenters. The van der Waals surface area contributed by atoms with E-state index in [9.17, 15) is 0 Å². The van der Waals surface area contributed by atoms with Crippen LogP contribution in [0.4, 0.5) is 5.69 Å². The van der Waals surface area contributed by atoms with Crippen molar-refractivity contribution in [1.29, 1.82) is 5.26 Å². The lowest BCUT2D eigenvalue weighted by Gasteiger charge is -2.08. The Hall–Kier alpha value is -2.02. The molecule has 1 aromatic carbocycles. The van der Waals surface area contributed by atoms with Crippen LogP contribution in [0.2, 0.25) is 0 Å². The predicted molar refractivity (Wildman–Crippen MR) is 66.6 cm³/mol. The highest BCUT2D eigenvalue weighted by atomic mass is 16.3. The Morgan fingerprint density at radius 3 is 3.06 bits per heavy atom. The molecule has 0 aliphatic rings. The van der Waals surface area contributed by atoms with E-state index in [0.717, 1.165) is 23.2 Å². The van der Waals surface area contributed by atoms with Crippen LogP contribution in [0.5, 0.6) is 0 Å². The Labute approximate surface area is 100 Å². The van der Waals surface area contributed by atoms with Gasteiger partial charge < -0.3 is 9.73 Å². The van der Waals surface area contributed by atoms with Crippen LogP contribution in [-0.2, 0) is 0 Å². The van der Waals surface area contributed by atoms with Crippen LogP contribution < -0.4 is 5.32 Å². The second-order valence-corrected chi connectivity index (χ2v) is 4.03. The number of nitrogens with one attached hydrogen (secondary N) is 1. The maximum absolute atomic E-state index is 8.86. The van der Waals surface area contributed by atoms with E-state index in [-0.39, 0.29) is 5.92 Å². The third kappa shape index (κ3) is 2.56. The van der Waals surface area contributed by atoms with E-state index in [4.69, 9.17) is 9.68 Å². The number of oxazole rings is 1. The number of rotatable bonds is 4. The SMILES string of the molecule is CCC(C#N)CNc1ccc2nc(C)oc2c1. The van der Waals surface area contributed by atoms with Crippen LogP contribution in [-0.4, -0.2) is 11.5 Å². The van der Waals surface area contributed by atoms with Gasteiger partial charge in [0.15, 0.2) is 11.5 Å². The van der Waals surface area contributed by atoms with Gasteiger partial charge in [-0.05, 0) is 18.6 Å². The fraction of sp³-hybridized carbons (Fsp3) is 0.385. The van der Waals surface area contributed by atoms with Crippen molar-refractivity contribution in [3.63, 3.8) is 0 Å². The van der Waals surface area contributed by atoms with Crippen LogP contribution >= 0.6 is 0 Å². The quantitative estimate of drug-likeness (QED) is 0.875. The number of aryl methyl sites for hydroxylation is 1. The molecule has 0 spiro atoms. The van der Waals surface area contributed by atoms with Crippen LogP contribution in [0.1, 0.15) is 19.2 Å². The third-order valence-corrected chi connectivity index (χ3v) is 2.72. The molecule has 4 heteroatoms. The van der Waals surface area contributed by atoms with E-state index in [1.54, 1.807) is 0 Å². The van der Waals surface area contributed by atoms with Crippen molar-refractivity contribution >= 4 is 16.8 Å². The van der Waals surface area contributed by atoms with Gasteiger partial charge in [0.25, 0.3) is 0 Å². The van der Waals surface area contributed by atoms with Gasteiger partial charge in [0, 0.05) is 25.2 Å². The van der Waals surface area contributed by atoms with Crippen molar-refractivity contribution in [3.8, 4) is 6.07 Å². The molecule has 0 saturated heterocycles. The average molecular weight is 229 g/mol. The molecule has 1 N–H and O–H groups in total. The van der Waals surface area contributed by atoms with E-state index < -0.39 is 0 Å². The van der Waals surface area contributed by atoms with Gasteiger partial charge in [0.05, 0.1) is 12.0 Å². The van der Waals surface area contributed by atoms with Crippen molar-refractivity contribution in [3.05, 3.63) is 24.1 Å². The van der Waals surface area contributed by atoms with Crippen molar-refractivity contribution in [2.45, 2.75) is 20.3 Å². The van der Waals surface area contributed by atoms with E-state index in [1.165, 1.54) is 0 Å². The van der Waals surface area contributed by atoms with Crippen molar-refractivity contribution in [2.75, 3.05) is 11.9 Å². The summed E-state index contributed by atoms with van der Waals surface area (Å²) < 4.78 is 5.45. The van der Waals surface area contributed by atoms with Gasteiger partial charge in [-0.1, -0.05) is 6.92 Å². The summed E-state index contributed by atoms with van der Waals surface area (Å²) in [6, 6.07) is 8.05. The van der Waals surface area contributed by atoms with Crippen molar-refractivity contribution < 1.29 is 4.42 Å². The molecule has 0 aliphatic carbocycles. The molecule has 0 amide bonds. The molecule has 4 nitrogen and oxygen atoms in total. The average Bonchev–Trinajstić information content (AvgIpc) is 2.69. The van der Waals surface area contributed by atoms with Crippen molar-refractivity contribution in [2.24, 2.45) is 5.92 Å². The number of benzene rings is 1. The number of aromatic nitrogens is 1. The highest BCUT2D eigenvalue weighted by molar-refractivity contribution is 5.77. The molecule has 1 aromatic heterocycles. The minimum Gasteiger partial charge on any atom is -0.441 e. The fourth-order valence-electron chi connectivity index (χ4n) is 1.67. The minimum atomic E-state index is 0.0437. The maximum Gasteiger partial charge on any atom is 0.192 e. The molecular weight excluding hydrogens is 214 g/mol. The first kappa shape index (κ1) is 11.5. The Morgan fingerprint density at radius 2 is 2.35 bits per heavy atom. The molecule has 1 heterocycles. The summed E-state index contributed by atoms with van der Waals surface area (Å²) in [5.74, 6) is 0.711. The van der Waals surface area contributed by atoms with Gasteiger partial charge in [-0.3, -0.25) is 0 Å². The third-order valence-electron chi connectivity index (χ3n) is 2.72. The first-order valence-corrected chi connectivity index (χ1v) is 5.73. The smallest absolute Gasteiger partial charge is 0.192 e. The first-order chi connectivity index (χ1) is 8.22. The summed E-state index contributed by atoms with van der Waals surface area (Å²) in [5.41, 5.74) is 2.60. The normalized spacial score (nSPS) is 12.3. The number of nitrogens with zero attached hydrogens (tertiary/aromatic N) is 2. The second-order valence-electron chi connectivity index (χ2n) is 4.03. The van der Waals surface area contributed by atoms with Crippen molar-refractivity contribution in [1.82, 2.24) is 4.98 Å². The summed E-state index contributed by atoms with van der Waals surface area (Å²) >= 11 is 0.